The number of nitrogens with one attached hydrogen (secondary N) is 1. The van der Waals surface area contributed by atoms with Crippen molar-refractivity contribution in [3.05, 3.63) is 35.1 Å². The van der Waals surface area contributed by atoms with Crippen molar-refractivity contribution in [1.82, 2.24) is 0 Å². The Labute approximate surface area is 137 Å². The molecule has 10 heteroatoms. The van der Waals surface area contributed by atoms with Gasteiger partial charge in [0.05, 0.1) is 11.8 Å². The van der Waals surface area contributed by atoms with Crippen LogP contribution in [0, 0.1) is 13.8 Å². The lowest BCUT2D eigenvalue weighted by atomic mass is 10.1. The quantitative estimate of drug-likeness (QED) is 0.342. The number of amides is 1. The fraction of sp³-hybridized carbons (Fsp3) is 0.357. The van der Waals surface area contributed by atoms with Crippen LogP contribution in [0.2, 0.25) is 0 Å². The molecule has 0 saturated heterocycles. The molecule has 1 rings (SSSR count). The van der Waals surface area contributed by atoms with E-state index < -0.39 is 29.8 Å². The topological polar surface area (TPSA) is 49.3 Å². The fourth-order valence-electron chi connectivity index (χ4n) is 1.66. The van der Waals surface area contributed by atoms with Gasteiger partial charge in [-0.2, -0.15) is 26.3 Å². The number of aliphatic hydroxyl groups excluding tert-OH is 1. The number of allylic oxidation sites excluding steroid dienone is 1. The molecular weight excluding hydrogens is 360 g/mol. The maximum atomic E-state index is 12.3. The molecule has 1 aromatic carbocycles. The Hall–Kier alpha value is -1.84. The molecule has 24 heavy (non-hydrogen) atoms. The molecule has 0 radical (unpaired) electrons. The first-order valence-corrected chi connectivity index (χ1v) is 7.38. The lowest BCUT2D eigenvalue weighted by molar-refractivity contribution is -0.124. The number of benzene rings is 1. The second kappa shape index (κ2) is 7.37. The third-order valence-corrected chi connectivity index (χ3v) is 3.95. The van der Waals surface area contributed by atoms with Gasteiger partial charge in [-0.3, -0.25) is 4.79 Å². The van der Waals surface area contributed by atoms with Crippen molar-refractivity contribution in [3.8, 4) is 0 Å². The van der Waals surface area contributed by atoms with E-state index in [1.807, 2.05) is 0 Å². The molecule has 0 aliphatic rings. The molecule has 0 aliphatic carbocycles. The Balaban J connectivity index is 2.98. The number of aliphatic hydroxyl groups is 1. The summed E-state index contributed by atoms with van der Waals surface area (Å²) in [5, 5.41) is 10.8. The molecule has 0 unspecified atom stereocenters. The van der Waals surface area contributed by atoms with Gasteiger partial charge in [0.2, 0.25) is 5.76 Å². The number of thioether (sulfide) groups is 1. The van der Waals surface area contributed by atoms with Crippen LogP contribution in [0.25, 0.3) is 0 Å². The molecule has 0 saturated carbocycles. The molecule has 0 aliphatic heterocycles. The largest absolute Gasteiger partial charge is 0.504 e. The Morgan fingerprint density at radius 3 is 2.25 bits per heavy atom. The molecule has 1 aromatic rings. The van der Waals surface area contributed by atoms with Gasteiger partial charge in [-0.25, -0.2) is 0 Å². The Bertz CT molecular complexity index is 652. The molecule has 1 amide bonds. The van der Waals surface area contributed by atoms with Crippen LogP contribution in [0.5, 0.6) is 0 Å². The predicted octanol–water partition coefficient (Wildman–Crippen LogP) is 4.90. The highest BCUT2D eigenvalue weighted by Crippen LogP contribution is 2.33. The molecule has 0 spiro atoms. The van der Waals surface area contributed by atoms with Gasteiger partial charge in [-0.1, -0.05) is 6.07 Å². The maximum Gasteiger partial charge on any atom is 0.448 e. The van der Waals surface area contributed by atoms with Gasteiger partial charge in [0.25, 0.3) is 5.91 Å². The zero-order valence-electron chi connectivity index (χ0n) is 12.5. The average molecular weight is 373 g/mol. The number of carbonyl (C=O) groups is 1. The minimum Gasteiger partial charge on any atom is -0.504 e. The summed E-state index contributed by atoms with van der Waals surface area (Å²) in [6.07, 6.45) is -9.48. The summed E-state index contributed by atoms with van der Waals surface area (Å²) in [4.78, 5) is 11.7. The second-order valence-corrected chi connectivity index (χ2v) is 5.87. The summed E-state index contributed by atoms with van der Waals surface area (Å²) in [6, 6.07) is 2.75. The average Bonchev–Trinajstić information content (AvgIpc) is 2.38. The van der Waals surface area contributed by atoms with Crippen molar-refractivity contribution in [1.29, 1.82) is 0 Å². The zero-order valence-corrected chi connectivity index (χ0v) is 13.3. The number of hydrogen-bond acceptors (Lipinski definition) is 3. The van der Waals surface area contributed by atoms with Crippen molar-refractivity contribution in [2.24, 2.45) is 0 Å². The highest BCUT2D eigenvalue weighted by atomic mass is 32.2. The van der Waals surface area contributed by atoms with Gasteiger partial charge >= 0.3 is 12.4 Å². The first-order chi connectivity index (χ1) is 10.8. The standard InChI is InChI=1S/C14H13F6NO2S/c1-7-3-8(2)10(24-6-13(15,16)17)4-9(7)21-12(23)5-11(22)14(18,19)20/h3-5,22H,6H2,1-2H3,(H,21,23)/b11-5-. The minimum absolute atomic E-state index is 0.0399. The number of carbonyl (C=O) groups excluding carboxylic acids is 1. The molecule has 0 heterocycles. The summed E-state index contributed by atoms with van der Waals surface area (Å²) in [6.45, 7) is 3.11. The van der Waals surface area contributed by atoms with Crippen LogP contribution in [0.1, 0.15) is 11.1 Å². The van der Waals surface area contributed by atoms with Crippen LogP contribution < -0.4 is 5.32 Å². The second-order valence-electron chi connectivity index (χ2n) is 4.85. The van der Waals surface area contributed by atoms with Crippen molar-refractivity contribution in [2.45, 2.75) is 31.1 Å². The molecule has 3 nitrogen and oxygen atoms in total. The highest BCUT2D eigenvalue weighted by molar-refractivity contribution is 7.99. The smallest absolute Gasteiger partial charge is 0.448 e. The van der Waals surface area contributed by atoms with Gasteiger partial charge in [0, 0.05) is 10.6 Å². The van der Waals surface area contributed by atoms with E-state index in [1.165, 1.54) is 19.1 Å². The van der Waals surface area contributed by atoms with Crippen molar-refractivity contribution < 1.29 is 36.2 Å². The molecule has 2 N–H and O–H groups in total. The number of anilines is 1. The van der Waals surface area contributed by atoms with Crippen molar-refractivity contribution >= 4 is 23.4 Å². The number of rotatable bonds is 4. The molecule has 0 fully saturated rings. The number of hydrogen-bond donors (Lipinski definition) is 2. The fourth-order valence-corrected chi connectivity index (χ4v) is 2.46. The zero-order chi connectivity index (χ0) is 18.7. The van der Waals surface area contributed by atoms with E-state index in [2.05, 4.69) is 5.32 Å². The normalized spacial score (nSPS) is 13.1. The van der Waals surface area contributed by atoms with Gasteiger partial charge in [-0.05, 0) is 31.0 Å². The third-order valence-electron chi connectivity index (χ3n) is 2.73. The van der Waals surface area contributed by atoms with E-state index >= 15 is 0 Å². The van der Waals surface area contributed by atoms with Crippen LogP contribution >= 0.6 is 11.8 Å². The molecular formula is C14H13F6NO2S. The highest BCUT2D eigenvalue weighted by Gasteiger charge is 2.34. The molecule has 0 atom stereocenters. The SMILES string of the molecule is Cc1cc(C)c(SCC(F)(F)F)cc1NC(=O)/C=C(\O)C(F)(F)F. The van der Waals surface area contributed by atoms with E-state index in [9.17, 15) is 31.1 Å². The third kappa shape index (κ3) is 6.34. The van der Waals surface area contributed by atoms with Crippen LogP contribution in [-0.4, -0.2) is 29.1 Å². The van der Waals surface area contributed by atoms with Crippen molar-refractivity contribution in [3.63, 3.8) is 0 Å². The van der Waals surface area contributed by atoms with Gasteiger partial charge in [0.1, 0.15) is 0 Å². The summed E-state index contributed by atoms with van der Waals surface area (Å²) in [5.74, 6) is -4.46. The van der Waals surface area contributed by atoms with E-state index in [0.717, 1.165) is 0 Å². The maximum absolute atomic E-state index is 12.3. The number of aryl methyl sites for hydroxylation is 2. The van der Waals surface area contributed by atoms with Crippen LogP contribution in [0.15, 0.2) is 28.9 Å². The van der Waals surface area contributed by atoms with E-state index in [-0.39, 0.29) is 16.7 Å². The first-order valence-electron chi connectivity index (χ1n) is 6.39. The van der Waals surface area contributed by atoms with Gasteiger partial charge in [0.15, 0.2) is 0 Å². The first kappa shape index (κ1) is 20.2. The number of halogens is 6. The van der Waals surface area contributed by atoms with E-state index in [0.29, 0.717) is 22.9 Å². The van der Waals surface area contributed by atoms with Crippen LogP contribution in [-0.2, 0) is 4.79 Å². The Morgan fingerprint density at radius 1 is 1.17 bits per heavy atom. The van der Waals surface area contributed by atoms with E-state index in [1.54, 1.807) is 6.92 Å². The van der Waals surface area contributed by atoms with Crippen LogP contribution in [0.4, 0.5) is 32.0 Å². The summed E-state index contributed by atoms with van der Waals surface area (Å²) in [5.41, 5.74) is 1.05. The van der Waals surface area contributed by atoms with Crippen molar-refractivity contribution in [2.75, 3.05) is 11.1 Å². The minimum atomic E-state index is -5.06. The van der Waals surface area contributed by atoms with Crippen LogP contribution in [0.3, 0.4) is 0 Å². The summed E-state index contributed by atoms with van der Waals surface area (Å²) < 4.78 is 73.3. The Morgan fingerprint density at radius 2 is 1.75 bits per heavy atom. The lowest BCUT2D eigenvalue weighted by Gasteiger charge is -2.13. The lowest BCUT2D eigenvalue weighted by Crippen LogP contribution is -2.17. The predicted molar refractivity (Wildman–Crippen MR) is 78.1 cm³/mol. The monoisotopic (exact) mass is 373 g/mol. The Kier molecular flexibility index (Phi) is 6.20. The summed E-state index contributed by atoms with van der Waals surface area (Å²) >= 11 is 0.501. The van der Waals surface area contributed by atoms with E-state index in [4.69, 9.17) is 5.11 Å². The molecule has 0 bridgehead atoms. The van der Waals surface area contributed by atoms with Gasteiger partial charge < -0.3 is 10.4 Å². The van der Waals surface area contributed by atoms with Gasteiger partial charge in [-0.15, -0.1) is 11.8 Å². The molecule has 0 aromatic heterocycles. The summed E-state index contributed by atoms with van der Waals surface area (Å²) in [7, 11) is 0. The molecule has 134 valence electrons. The number of alkyl halides is 6.